The molecule has 0 radical (unpaired) electrons. The number of aliphatic hydroxyl groups excluding tert-OH is 1. The summed E-state index contributed by atoms with van der Waals surface area (Å²) in [5.74, 6) is -0.967. The lowest BCUT2D eigenvalue weighted by Gasteiger charge is -2.37. The second-order valence-corrected chi connectivity index (χ2v) is 5.28. The fourth-order valence-electron chi connectivity index (χ4n) is 2.94. The summed E-state index contributed by atoms with van der Waals surface area (Å²) < 4.78 is 5.70. The number of ether oxygens (including phenoxy) is 1. The van der Waals surface area contributed by atoms with Crippen molar-refractivity contribution in [2.45, 2.75) is 51.4 Å². The van der Waals surface area contributed by atoms with Crippen molar-refractivity contribution in [3.63, 3.8) is 0 Å². The number of aliphatic hydroxyl groups is 1. The SMILES string of the molecule is CC(C)(C(O)C(=O)O)C1CC2CCC1O2. The average Bonchev–Trinajstić information content (AvgIpc) is 2.77. The minimum absolute atomic E-state index is 0.152. The van der Waals surface area contributed by atoms with Crippen LogP contribution in [0.25, 0.3) is 0 Å². The summed E-state index contributed by atoms with van der Waals surface area (Å²) in [7, 11) is 0. The molecule has 2 fully saturated rings. The van der Waals surface area contributed by atoms with E-state index in [9.17, 15) is 9.90 Å². The van der Waals surface area contributed by atoms with Crippen LogP contribution in [0.15, 0.2) is 0 Å². The van der Waals surface area contributed by atoms with Crippen molar-refractivity contribution in [3.8, 4) is 0 Å². The van der Waals surface area contributed by atoms with Crippen molar-refractivity contribution in [1.29, 1.82) is 0 Å². The number of aliphatic carboxylic acids is 1. The predicted molar refractivity (Wildman–Crippen MR) is 53.4 cm³/mol. The largest absolute Gasteiger partial charge is 0.479 e. The predicted octanol–water partition coefficient (Wildman–Crippen LogP) is 1.03. The van der Waals surface area contributed by atoms with Gasteiger partial charge in [0.05, 0.1) is 12.2 Å². The van der Waals surface area contributed by atoms with Crippen LogP contribution in [-0.2, 0) is 9.53 Å². The van der Waals surface area contributed by atoms with Crippen molar-refractivity contribution in [1.82, 2.24) is 0 Å². The quantitative estimate of drug-likeness (QED) is 0.736. The van der Waals surface area contributed by atoms with Gasteiger partial charge in [0, 0.05) is 5.41 Å². The van der Waals surface area contributed by atoms with Gasteiger partial charge in [-0.25, -0.2) is 4.79 Å². The molecule has 0 saturated carbocycles. The molecule has 2 aliphatic heterocycles. The molecule has 86 valence electrons. The summed E-state index contributed by atoms with van der Waals surface area (Å²) in [5, 5.41) is 18.5. The molecule has 4 atom stereocenters. The highest BCUT2D eigenvalue weighted by molar-refractivity contribution is 5.73. The van der Waals surface area contributed by atoms with Gasteiger partial charge in [0.1, 0.15) is 0 Å². The second-order valence-electron chi connectivity index (χ2n) is 5.28. The number of carboxylic acid groups (broad SMARTS) is 1. The third-order valence-electron chi connectivity index (χ3n) is 4.00. The summed E-state index contributed by atoms with van der Waals surface area (Å²) in [6.07, 6.45) is 2.12. The Labute approximate surface area is 89.2 Å². The third kappa shape index (κ3) is 1.66. The van der Waals surface area contributed by atoms with Gasteiger partial charge < -0.3 is 14.9 Å². The van der Waals surface area contributed by atoms with E-state index in [1.165, 1.54) is 0 Å². The van der Waals surface area contributed by atoms with E-state index >= 15 is 0 Å². The number of carboxylic acids is 1. The normalized spacial score (nSPS) is 36.9. The van der Waals surface area contributed by atoms with E-state index < -0.39 is 17.5 Å². The van der Waals surface area contributed by atoms with Crippen LogP contribution in [0.3, 0.4) is 0 Å². The van der Waals surface area contributed by atoms with Crippen molar-refractivity contribution in [3.05, 3.63) is 0 Å². The van der Waals surface area contributed by atoms with Gasteiger partial charge in [-0.3, -0.25) is 0 Å². The summed E-state index contributed by atoms with van der Waals surface area (Å²) in [6, 6.07) is 0. The molecule has 2 N–H and O–H groups in total. The molecule has 2 aliphatic rings. The first-order chi connectivity index (χ1) is 6.93. The van der Waals surface area contributed by atoms with Gasteiger partial charge in [-0.1, -0.05) is 13.8 Å². The lowest BCUT2D eigenvalue weighted by atomic mass is 9.68. The van der Waals surface area contributed by atoms with Gasteiger partial charge in [0.2, 0.25) is 0 Å². The first kappa shape index (κ1) is 10.9. The number of carbonyl (C=O) groups is 1. The number of hydrogen-bond acceptors (Lipinski definition) is 3. The van der Waals surface area contributed by atoms with Gasteiger partial charge >= 0.3 is 5.97 Å². The zero-order valence-corrected chi connectivity index (χ0v) is 9.14. The van der Waals surface area contributed by atoms with E-state index in [1.54, 1.807) is 0 Å². The fourth-order valence-corrected chi connectivity index (χ4v) is 2.94. The molecule has 15 heavy (non-hydrogen) atoms. The Morgan fingerprint density at radius 1 is 1.47 bits per heavy atom. The van der Waals surface area contributed by atoms with Crippen LogP contribution < -0.4 is 0 Å². The molecule has 0 spiro atoms. The van der Waals surface area contributed by atoms with Gasteiger partial charge in [-0.05, 0) is 25.2 Å². The topological polar surface area (TPSA) is 66.8 Å². The standard InChI is InChI=1S/C11H18O4/c1-11(2,9(12)10(13)14)7-5-6-3-4-8(7)15-6/h6-9,12H,3-5H2,1-2H3,(H,13,14). The minimum atomic E-state index is -1.30. The van der Waals surface area contributed by atoms with Crippen molar-refractivity contribution in [2.75, 3.05) is 0 Å². The monoisotopic (exact) mass is 214 g/mol. The van der Waals surface area contributed by atoms with E-state index in [0.717, 1.165) is 19.3 Å². The van der Waals surface area contributed by atoms with Crippen molar-refractivity contribution >= 4 is 5.97 Å². The van der Waals surface area contributed by atoms with E-state index in [2.05, 4.69) is 0 Å². The summed E-state index contributed by atoms with van der Waals surface area (Å²) in [6.45, 7) is 3.64. The van der Waals surface area contributed by atoms with Crippen LogP contribution in [-0.4, -0.2) is 34.5 Å². The Bertz CT molecular complexity index is 274. The van der Waals surface area contributed by atoms with Crippen LogP contribution in [0.4, 0.5) is 0 Å². The number of hydrogen-bond donors (Lipinski definition) is 2. The Kier molecular flexibility index (Phi) is 2.51. The molecule has 0 aromatic heterocycles. The van der Waals surface area contributed by atoms with Gasteiger partial charge in [0.15, 0.2) is 6.10 Å². The van der Waals surface area contributed by atoms with Crippen LogP contribution >= 0.6 is 0 Å². The molecule has 2 saturated heterocycles. The lowest BCUT2D eigenvalue weighted by Crippen LogP contribution is -2.45. The summed E-state index contributed by atoms with van der Waals surface area (Å²) in [5.41, 5.74) is -0.605. The molecule has 0 aromatic rings. The smallest absolute Gasteiger partial charge is 0.333 e. The molecule has 0 amide bonds. The Hall–Kier alpha value is -0.610. The van der Waals surface area contributed by atoms with Crippen LogP contribution in [0, 0.1) is 11.3 Å². The summed E-state index contributed by atoms with van der Waals surface area (Å²) in [4.78, 5) is 10.8. The lowest BCUT2D eigenvalue weighted by molar-refractivity contribution is -0.156. The van der Waals surface area contributed by atoms with E-state index in [4.69, 9.17) is 9.84 Å². The Balaban J connectivity index is 2.12. The molecule has 2 rings (SSSR count). The van der Waals surface area contributed by atoms with Crippen LogP contribution in [0.5, 0.6) is 0 Å². The van der Waals surface area contributed by atoms with Gasteiger partial charge in [0.25, 0.3) is 0 Å². The molecular formula is C11H18O4. The molecule has 2 heterocycles. The fraction of sp³-hybridized carbons (Fsp3) is 0.909. The van der Waals surface area contributed by atoms with Crippen LogP contribution in [0.2, 0.25) is 0 Å². The molecule has 4 heteroatoms. The average molecular weight is 214 g/mol. The highest BCUT2D eigenvalue weighted by Crippen LogP contribution is 2.48. The first-order valence-corrected chi connectivity index (χ1v) is 5.49. The minimum Gasteiger partial charge on any atom is -0.479 e. The molecule has 4 unspecified atom stereocenters. The van der Waals surface area contributed by atoms with Gasteiger partial charge in [-0.15, -0.1) is 0 Å². The van der Waals surface area contributed by atoms with Crippen molar-refractivity contribution in [2.24, 2.45) is 11.3 Å². The maximum Gasteiger partial charge on any atom is 0.333 e. The highest BCUT2D eigenvalue weighted by atomic mass is 16.5. The molecule has 2 bridgehead atoms. The number of fused-ring (bicyclic) bond motifs is 2. The Morgan fingerprint density at radius 2 is 2.13 bits per heavy atom. The second kappa shape index (κ2) is 3.46. The molecule has 0 aromatic carbocycles. The molecular weight excluding hydrogens is 196 g/mol. The summed E-state index contributed by atoms with van der Waals surface area (Å²) >= 11 is 0. The molecule has 0 aliphatic carbocycles. The zero-order chi connectivity index (χ0) is 11.2. The van der Waals surface area contributed by atoms with E-state index in [0.29, 0.717) is 6.10 Å². The molecule has 4 nitrogen and oxygen atoms in total. The van der Waals surface area contributed by atoms with Crippen molar-refractivity contribution < 1.29 is 19.7 Å². The number of rotatable bonds is 3. The van der Waals surface area contributed by atoms with E-state index in [-0.39, 0.29) is 12.0 Å². The van der Waals surface area contributed by atoms with Gasteiger partial charge in [-0.2, -0.15) is 0 Å². The highest BCUT2D eigenvalue weighted by Gasteiger charge is 2.51. The first-order valence-electron chi connectivity index (χ1n) is 5.49. The van der Waals surface area contributed by atoms with E-state index in [1.807, 2.05) is 13.8 Å². The Morgan fingerprint density at radius 3 is 2.53 bits per heavy atom. The third-order valence-corrected chi connectivity index (χ3v) is 4.00. The van der Waals surface area contributed by atoms with Crippen LogP contribution in [0.1, 0.15) is 33.1 Å². The maximum atomic E-state index is 10.8. The maximum absolute atomic E-state index is 10.8. The zero-order valence-electron chi connectivity index (χ0n) is 9.14.